The van der Waals surface area contributed by atoms with Gasteiger partial charge in [-0.25, -0.2) is 0 Å². The minimum atomic E-state index is 0.144. The predicted octanol–water partition coefficient (Wildman–Crippen LogP) is 0.560. The summed E-state index contributed by atoms with van der Waals surface area (Å²) in [6.07, 6.45) is 0.633. The molecule has 1 aliphatic rings. The summed E-state index contributed by atoms with van der Waals surface area (Å²) in [7, 11) is 1.69. The Bertz CT molecular complexity index is 175. The van der Waals surface area contributed by atoms with Crippen LogP contribution in [0.3, 0.4) is 0 Å². The zero-order chi connectivity index (χ0) is 9.68. The van der Waals surface area contributed by atoms with Gasteiger partial charge in [0.05, 0.1) is 0 Å². The van der Waals surface area contributed by atoms with Crippen molar-refractivity contribution in [2.75, 3.05) is 32.4 Å². The fourth-order valence-corrected chi connectivity index (χ4v) is 2.56. The van der Waals surface area contributed by atoms with Crippen LogP contribution < -0.4 is 5.32 Å². The lowest BCUT2D eigenvalue weighted by Crippen LogP contribution is -2.38. The van der Waals surface area contributed by atoms with Crippen LogP contribution in [0.25, 0.3) is 0 Å². The summed E-state index contributed by atoms with van der Waals surface area (Å²) >= 11 is 2.02. The lowest BCUT2D eigenvalue weighted by atomic mass is 10.3. The van der Waals surface area contributed by atoms with Gasteiger partial charge in [-0.3, -0.25) is 4.79 Å². The van der Waals surface area contributed by atoms with Crippen molar-refractivity contribution in [3.05, 3.63) is 0 Å². The van der Waals surface area contributed by atoms with Crippen LogP contribution in [0.2, 0.25) is 0 Å². The van der Waals surface area contributed by atoms with Crippen molar-refractivity contribution in [3.63, 3.8) is 0 Å². The molecule has 0 aromatic carbocycles. The van der Waals surface area contributed by atoms with Gasteiger partial charge in [-0.2, -0.15) is 11.8 Å². The van der Waals surface area contributed by atoms with Crippen LogP contribution in [0, 0.1) is 0 Å². The lowest BCUT2D eigenvalue weighted by molar-refractivity contribution is -0.120. The van der Waals surface area contributed by atoms with Crippen LogP contribution in [-0.4, -0.2) is 48.5 Å². The van der Waals surface area contributed by atoms with E-state index < -0.39 is 0 Å². The van der Waals surface area contributed by atoms with Crippen LogP contribution in [0.4, 0.5) is 0 Å². The fourth-order valence-electron chi connectivity index (χ4n) is 1.48. The van der Waals surface area contributed by atoms with Crippen LogP contribution in [0.5, 0.6) is 0 Å². The van der Waals surface area contributed by atoms with E-state index in [0.717, 1.165) is 24.9 Å². The Balaban J connectivity index is 2.17. The van der Waals surface area contributed by atoms with E-state index in [2.05, 4.69) is 17.1 Å². The standard InChI is InChI=1S/C9H18N2OS/c1-8-7-11(5-6-13-8)4-3-9(12)10-2/h8H,3-7H2,1-2H3,(H,10,12). The number of thioether (sulfide) groups is 1. The Hall–Kier alpha value is -0.220. The van der Waals surface area contributed by atoms with Gasteiger partial charge in [-0.05, 0) is 0 Å². The zero-order valence-corrected chi connectivity index (χ0v) is 9.19. The molecule has 0 aromatic heterocycles. The molecule has 0 radical (unpaired) electrons. The van der Waals surface area contributed by atoms with E-state index in [9.17, 15) is 4.79 Å². The summed E-state index contributed by atoms with van der Waals surface area (Å²) in [6.45, 7) is 5.41. The minimum Gasteiger partial charge on any atom is -0.359 e. The monoisotopic (exact) mass is 202 g/mol. The summed E-state index contributed by atoms with van der Waals surface area (Å²) in [5.41, 5.74) is 0. The smallest absolute Gasteiger partial charge is 0.221 e. The highest BCUT2D eigenvalue weighted by atomic mass is 32.2. The van der Waals surface area contributed by atoms with Crippen molar-refractivity contribution < 1.29 is 4.79 Å². The van der Waals surface area contributed by atoms with Gasteiger partial charge in [0, 0.05) is 44.1 Å². The van der Waals surface area contributed by atoms with E-state index >= 15 is 0 Å². The molecule has 1 saturated heterocycles. The average molecular weight is 202 g/mol. The largest absolute Gasteiger partial charge is 0.359 e. The summed E-state index contributed by atoms with van der Waals surface area (Å²) in [5.74, 6) is 1.35. The maximum absolute atomic E-state index is 11.0. The normalized spacial score (nSPS) is 24.3. The third-order valence-corrected chi connectivity index (χ3v) is 3.40. The molecule has 1 unspecified atom stereocenters. The van der Waals surface area contributed by atoms with Gasteiger partial charge < -0.3 is 10.2 Å². The molecular formula is C9H18N2OS. The number of hydrogen-bond acceptors (Lipinski definition) is 3. The van der Waals surface area contributed by atoms with Crippen LogP contribution in [0.1, 0.15) is 13.3 Å². The van der Waals surface area contributed by atoms with Crippen LogP contribution in [0.15, 0.2) is 0 Å². The highest BCUT2D eigenvalue weighted by Crippen LogP contribution is 2.17. The average Bonchev–Trinajstić information content (AvgIpc) is 2.14. The second-order valence-corrected chi connectivity index (χ2v) is 4.95. The first-order valence-electron chi connectivity index (χ1n) is 4.77. The molecular weight excluding hydrogens is 184 g/mol. The number of rotatable bonds is 3. The van der Waals surface area contributed by atoms with Crippen molar-refractivity contribution in [1.29, 1.82) is 0 Å². The molecule has 1 N–H and O–H groups in total. The van der Waals surface area contributed by atoms with E-state index in [0.29, 0.717) is 6.42 Å². The van der Waals surface area contributed by atoms with E-state index in [4.69, 9.17) is 0 Å². The molecule has 13 heavy (non-hydrogen) atoms. The molecule has 0 bridgehead atoms. The second kappa shape index (κ2) is 5.50. The van der Waals surface area contributed by atoms with E-state index in [1.807, 2.05) is 11.8 Å². The maximum atomic E-state index is 11.0. The van der Waals surface area contributed by atoms with Gasteiger partial charge >= 0.3 is 0 Å². The number of nitrogens with one attached hydrogen (secondary N) is 1. The summed E-state index contributed by atoms with van der Waals surface area (Å²) in [5, 5.41) is 3.37. The molecule has 1 atom stereocenters. The highest BCUT2D eigenvalue weighted by Gasteiger charge is 2.16. The van der Waals surface area contributed by atoms with Gasteiger partial charge in [-0.1, -0.05) is 6.92 Å². The van der Waals surface area contributed by atoms with Crippen molar-refractivity contribution >= 4 is 17.7 Å². The molecule has 1 rings (SSSR count). The first kappa shape index (κ1) is 10.9. The van der Waals surface area contributed by atoms with Crippen LogP contribution in [-0.2, 0) is 4.79 Å². The quantitative estimate of drug-likeness (QED) is 0.726. The number of amides is 1. The summed E-state index contributed by atoms with van der Waals surface area (Å²) < 4.78 is 0. The molecule has 1 aliphatic heterocycles. The number of carbonyl (C=O) groups excluding carboxylic acids is 1. The Morgan fingerprint density at radius 3 is 3.08 bits per heavy atom. The second-order valence-electron chi connectivity index (χ2n) is 3.41. The first-order chi connectivity index (χ1) is 6.22. The number of carbonyl (C=O) groups is 1. The molecule has 3 nitrogen and oxygen atoms in total. The van der Waals surface area contributed by atoms with Gasteiger partial charge in [0.2, 0.25) is 5.91 Å². The summed E-state index contributed by atoms with van der Waals surface area (Å²) in [4.78, 5) is 13.4. The van der Waals surface area contributed by atoms with E-state index in [1.165, 1.54) is 5.75 Å². The SMILES string of the molecule is CNC(=O)CCN1CCSC(C)C1. The summed E-state index contributed by atoms with van der Waals surface area (Å²) in [6, 6.07) is 0. The van der Waals surface area contributed by atoms with E-state index in [-0.39, 0.29) is 5.91 Å². The maximum Gasteiger partial charge on any atom is 0.221 e. The first-order valence-corrected chi connectivity index (χ1v) is 5.82. The predicted molar refractivity (Wildman–Crippen MR) is 57.0 cm³/mol. The third-order valence-electron chi connectivity index (χ3n) is 2.26. The number of hydrogen-bond donors (Lipinski definition) is 1. The minimum absolute atomic E-state index is 0.144. The molecule has 0 aromatic rings. The fraction of sp³-hybridized carbons (Fsp3) is 0.889. The molecule has 1 heterocycles. The van der Waals surface area contributed by atoms with Gasteiger partial charge in [0.25, 0.3) is 0 Å². The molecule has 0 saturated carbocycles. The Morgan fingerprint density at radius 2 is 2.46 bits per heavy atom. The molecule has 76 valence electrons. The lowest BCUT2D eigenvalue weighted by Gasteiger charge is -2.30. The van der Waals surface area contributed by atoms with Crippen molar-refractivity contribution in [2.45, 2.75) is 18.6 Å². The van der Waals surface area contributed by atoms with Crippen LogP contribution >= 0.6 is 11.8 Å². The molecule has 4 heteroatoms. The van der Waals surface area contributed by atoms with Crippen molar-refractivity contribution in [1.82, 2.24) is 10.2 Å². The molecule has 0 aliphatic carbocycles. The van der Waals surface area contributed by atoms with Gasteiger partial charge in [0.15, 0.2) is 0 Å². The van der Waals surface area contributed by atoms with Gasteiger partial charge in [-0.15, -0.1) is 0 Å². The Labute approximate surface area is 84.2 Å². The molecule has 0 spiro atoms. The third kappa shape index (κ3) is 4.00. The van der Waals surface area contributed by atoms with Crippen molar-refractivity contribution in [3.8, 4) is 0 Å². The van der Waals surface area contributed by atoms with E-state index in [1.54, 1.807) is 7.05 Å². The Morgan fingerprint density at radius 1 is 1.69 bits per heavy atom. The molecule has 1 amide bonds. The Kier molecular flexibility index (Phi) is 4.59. The molecule has 1 fully saturated rings. The number of nitrogens with zero attached hydrogens (tertiary/aromatic N) is 1. The zero-order valence-electron chi connectivity index (χ0n) is 8.38. The highest BCUT2D eigenvalue weighted by molar-refractivity contribution is 7.99. The topological polar surface area (TPSA) is 32.3 Å². The van der Waals surface area contributed by atoms with Gasteiger partial charge in [0.1, 0.15) is 0 Å². The van der Waals surface area contributed by atoms with Crippen molar-refractivity contribution in [2.24, 2.45) is 0 Å².